The smallest absolute Gasteiger partial charge is 0.239 e. The van der Waals surface area contributed by atoms with Crippen molar-refractivity contribution in [3.8, 4) is 0 Å². The second-order valence-corrected chi connectivity index (χ2v) is 6.07. The Labute approximate surface area is 110 Å². The van der Waals surface area contributed by atoms with E-state index in [0.717, 1.165) is 32.2 Å². The minimum atomic E-state index is -0.331. The number of piperazine rings is 1. The van der Waals surface area contributed by atoms with Gasteiger partial charge in [-0.2, -0.15) is 0 Å². The van der Waals surface area contributed by atoms with E-state index in [2.05, 4.69) is 4.90 Å². The lowest BCUT2D eigenvalue weighted by Crippen LogP contribution is -2.55. The number of carbonyl (C=O) groups is 1. The third kappa shape index (κ3) is 3.04. The van der Waals surface area contributed by atoms with E-state index in [-0.39, 0.29) is 17.9 Å². The van der Waals surface area contributed by atoms with Gasteiger partial charge < -0.3 is 10.6 Å². The van der Waals surface area contributed by atoms with E-state index in [4.69, 9.17) is 5.73 Å². The zero-order chi connectivity index (χ0) is 13.1. The molecule has 0 aromatic rings. The summed E-state index contributed by atoms with van der Waals surface area (Å²) in [5.74, 6) is 0.362. The first kappa shape index (κ1) is 13.8. The van der Waals surface area contributed by atoms with Gasteiger partial charge in [-0.3, -0.25) is 9.69 Å². The van der Waals surface area contributed by atoms with Gasteiger partial charge in [0, 0.05) is 32.2 Å². The van der Waals surface area contributed by atoms with E-state index in [1.165, 1.54) is 25.7 Å². The highest BCUT2D eigenvalue weighted by Gasteiger charge is 2.30. The molecule has 18 heavy (non-hydrogen) atoms. The van der Waals surface area contributed by atoms with Crippen LogP contribution < -0.4 is 5.73 Å². The van der Waals surface area contributed by atoms with Crippen LogP contribution in [0.5, 0.6) is 0 Å². The molecule has 1 amide bonds. The third-order valence-corrected chi connectivity index (χ3v) is 4.47. The van der Waals surface area contributed by atoms with Crippen molar-refractivity contribution in [2.75, 3.05) is 26.2 Å². The normalized spacial score (nSPS) is 24.8. The highest BCUT2D eigenvalue weighted by Crippen LogP contribution is 2.24. The van der Waals surface area contributed by atoms with Crippen LogP contribution in [0.3, 0.4) is 0 Å². The topological polar surface area (TPSA) is 49.6 Å². The lowest BCUT2D eigenvalue weighted by molar-refractivity contribution is -0.135. The average molecular weight is 253 g/mol. The van der Waals surface area contributed by atoms with Gasteiger partial charge >= 0.3 is 0 Å². The molecule has 2 aliphatic rings. The summed E-state index contributed by atoms with van der Waals surface area (Å²) in [7, 11) is 0. The summed E-state index contributed by atoms with van der Waals surface area (Å²) in [5, 5.41) is 0. The molecule has 1 aliphatic carbocycles. The Morgan fingerprint density at radius 2 is 1.67 bits per heavy atom. The summed E-state index contributed by atoms with van der Waals surface area (Å²) >= 11 is 0. The van der Waals surface area contributed by atoms with E-state index < -0.39 is 0 Å². The predicted octanol–water partition coefficient (Wildman–Crippen LogP) is 1.06. The Hall–Kier alpha value is -0.610. The lowest BCUT2D eigenvalue weighted by Gasteiger charge is -2.39. The molecule has 1 atom stereocenters. The molecule has 0 spiro atoms. The number of rotatable bonds is 3. The van der Waals surface area contributed by atoms with Gasteiger partial charge in [-0.25, -0.2) is 0 Å². The first-order valence-electron chi connectivity index (χ1n) is 7.38. The Balaban J connectivity index is 1.80. The molecule has 2 fully saturated rings. The highest BCUT2D eigenvalue weighted by molar-refractivity contribution is 5.82. The molecule has 0 unspecified atom stereocenters. The van der Waals surface area contributed by atoms with Gasteiger partial charge in [0.05, 0.1) is 6.04 Å². The van der Waals surface area contributed by atoms with Crippen LogP contribution >= 0.6 is 0 Å². The number of nitrogens with two attached hydrogens (primary N) is 1. The van der Waals surface area contributed by atoms with Gasteiger partial charge in [0.2, 0.25) is 5.91 Å². The highest BCUT2D eigenvalue weighted by atomic mass is 16.2. The fourth-order valence-electron chi connectivity index (χ4n) is 3.07. The van der Waals surface area contributed by atoms with Crippen molar-refractivity contribution in [1.29, 1.82) is 0 Å². The number of hydrogen-bond donors (Lipinski definition) is 1. The fourth-order valence-corrected chi connectivity index (χ4v) is 3.07. The van der Waals surface area contributed by atoms with Gasteiger partial charge in [0.1, 0.15) is 0 Å². The molecule has 0 bridgehead atoms. The molecule has 4 heteroatoms. The van der Waals surface area contributed by atoms with Crippen molar-refractivity contribution < 1.29 is 4.79 Å². The Bertz CT molecular complexity index is 279. The van der Waals surface area contributed by atoms with Crippen LogP contribution in [0.2, 0.25) is 0 Å². The number of carbonyl (C=O) groups excluding carboxylic acids is 1. The van der Waals surface area contributed by atoms with E-state index in [1.807, 2.05) is 18.7 Å². The van der Waals surface area contributed by atoms with Gasteiger partial charge in [-0.15, -0.1) is 0 Å². The van der Waals surface area contributed by atoms with Crippen LogP contribution in [-0.2, 0) is 4.79 Å². The molecule has 2 rings (SSSR count). The molecule has 0 aromatic carbocycles. The van der Waals surface area contributed by atoms with Gasteiger partial charge in [-0.05, 0) is 18.8 Å². The SMILES string of the molecule is CC(C)[C@H](N)C(=O)N1CCN(C2CCCC2)CC1. The van der Waals surface area contributed by atoms with Crippen LogP contribution in [0.1, 0.15) is 39.5 Å². The Morgan fingerprint density at radius 3 is 2.17 bits per heavy atom. The van der Waals surface area contributed by atoms with Crippen molar-refractivity contribution >= 4 is 5.91 Å². The molecule has 1 saturated carbocycles. The maximum Gasteiger partial charge on any atom is 0.239 e. The van der Waals surface area contributed by atoms with Crippen LogP contribution in [-0.4, -0.2) is 54.0 Å². The first-order valence-corrected chi connectivity index (χ1v) is 7.38. The number of nitrogens with zero attached hydrogens (tertiary/aromatic N) is 2. The molecule has 1 aliphatic heterocycles. The van der Waals surface area contributed by atoms with Gasteiger partial charge in [0.15, 0.2) is 0 Å². The predicted molar refractivity (Wildman–Crippen MR) is 73.2 cm³/mol. The molecule has 0 radical (unpaired) electrons. The summed E-state index contributed by atoms with van der Waals surface area (Å²) in [5.41, 5.74) is 5.94. The Kier molecular flexibility index (Phi) is 4.62. The molecule has 4 nitrogen and oxygen atoms in total. The van der Waals surface area contributed by atoms with E-state index in [9.17, 15) is 4.79 Å². The van der Waals surface area contributed by atoms with E-state index in [1.54, 1.807) is 0 Å². The monoisotopic (exact) mass is 253 g/mol. The maximum atomic E-state index is 12.1. The van der Waals surface area contributed by atoms with E-state index in [0.29, 0.717) is 0 Å². The molecule has 104 valence electrons. The average Bonchev–Trinajstić information content (AvgIpc) is 2.91. The molecule has 0 aromatic heterocycles. The summed E-state index contributed by atoms with van der Waals surface area (Å²) in [6.07, 6.45) is 5.45. The van der Waals surface area contributed by atoms with Crippen molar-refractivity contribution in [2.45, 2.75) is 51.6 Å². The largest absolute Gasteiger partial charge is 0.339 e. The summed E-state index contributed by atoms with van der Waals surface area (Å²) in [6, 6.07) is 0.448. The summed E-state index contributed by atoms with van der Waals surface area (Å²) < 4.78 is 0. The standard InChI is InChI=1S/C14H27N3O/c1-11(2)13(15)14(18)17-9-7-16(8-10-17)12-5-3-4-6-12/h11-13H,3-10,15H2,1-2H3/t13-/m0/s1. The second-order valence-electron chi connectivity index (χ2n) is 6.07. The van der Waals surface area contributed by atoms with Gasteiger partial charge in [-0.1, -0.05) is 26.7 Å². The van der Waals surface area contributed by atoms with Gasteiger partial charge in [0.25, 0.3) is 0 Å². The zero-order valence-corrected chi connectivity index (χ0v) is 11.8. The van der Waals surface area contributed by atoms with Crippen LogP contribution in [0.15, 0.2) is 0 Å². The molecule has 1 heterocycles. The summed E-state index contributed by atoms with van der Waals surface area (Å²) in [4.78, 5) is 16.7. The van der Waals surface area contributed by atoms with Crippen molar-refractivity contribution in [1.82, 2.24) is 9.80 Å². The quantitative estimate of drug-likeness (QED) is 0.818. The Morgan fingerprint density at radius 1 is 1.11 bits per heavy atom. The fraction of sp³-hybridized carbons (Fsp3) is 0.929. The minimum absolute atomic E-state index is 0.135. The van der Waals surface area contributed by atoms with Crippen molar-refractivity contribution in [3.63, 3.8) is 0 Å². The molecular weight excluding hydrogens is 226 g/mol. The van der Waals surface area contributed by atoms with Crippen LogP contribution in [0.25, 0.3) is 0 Å². The third-order valence-electron chi connectivity index (χ3n) is 4.47. The minimum Gasteiger partial charge on any atom is -0.339 e. The maximum absolute atomic E-state index is 12.1. The second kappa shape index (κ2) is 6.02. The number of amides is 1. The molecule has 2 N–H and O–H groups in total. The van der Waals surface area contributed by atoms with Crippen molar-refractivity contribution in [3.05, 3.63) is 0 Å². The molecule has 1 saturated heterocycles. The molecular formula is C14H27N3O. The van der Waals surface area contributed by atoms with Crippen LogP contribution in [0, 0.1) is 5.92 Å². The number of hydrogen-bond acceptors (Lipinski definition) is 3. The zero-order valence-electron chi connectivity index (χ0n) is 11.8. The van der Waals surface area contributed by atoms with Crippen LogP contribution in [0.4, 0.5) is 0 Å². The van der Waals surface area contributed by atoms with Crippen molar-refractivity contribution in [2.24, 2.45) is 11.7 Å². The van der Waals surface area contributed by atoms with E-state index >= 15 is 0 Å². The summed E-state index contributed by atoms with van der Waals surface area (Å²) in [6.45, 7) is 7.79. The first-order chi connectivity index (χ1) is 8.59. The lowest BCUT2D eigenvalue weighted by atomic mass is 10.0.